The molecule has 0 atom stereocenters. The van der Waals surface area contributed by atoms with Crippen LogP contribution in [-0.2, 0) is 0 Å². The summed E-state index contributed by atoms with van der Waals surface area (Å²) in [4.78, 5) is 13.7. The first-order valence-corrected chi connectivity index (χ1v) is 20.2. The van der Waals surface area contributed by atoms with Gasteiger partial charge in [-0.05, 0) is 0 Å². The Balaban J connectivity index is 2.38. The number of hydrogen-bond acceptors (Lipinski definition) is 1. The van der Waals surface area contributed by atoms with E-state index in [2.05, 4.69) is 71.0 Å². The van der Waals surface area contributed by atoms with E-state index in [0.29, 0.717) is 0 Å². The van der Waals surface area contributed by atoms with Crippen LogP contribution in [0.25, 0.3) is 10.8 Å². The molecule has 0 saturated carbocycles. The second-order valence-electron chi connectivity index (χ2n) is 9.36. The summed E-state index contributed by atoms with van der Waals surface area (Å²) < 4.78 is 5.50. The fourth-order valence-electron chi connectivity index (χ4n) is 4.66. The van der Waals surface area contributed by atoms with Gasteiger partial charge in [0.05, 0.1) is 0 Å². The molecule has 2 aromatic rings. The molecule has 0 amide bonds. The van der Waals surface area contributed by atoms with Crippen molar-refractivity contribution < 1.29 is 4.79 Å². The molecular weight excluding hydrogens is 471 g/mol. The van der Waals surface area contributed by atoms with Gasteiger partial charge in [0, 0.05) is 0 Å². The molecule has 0 heterocycles. The van der Waals surface area contributed by atoms with E-state index in [9.17, 15) is 4.79 Å². The number of fused-ring (bicyclic) bond motifs is 1. The predicted octanol–water partition coefficient (Wildman–Crippen LogP) is 9.21. The van der Waals surface area contributed by atoms with Gasteiger partial charge < -0.3 is 0 Å². The zero-order valence-corrected chi connectivity index (χ0v) is 22.9. The summed E-state index contributed by atoms with van der Waals surface area (Å²) in [5.74, 6) is 0.284. The van der Waals surface area contributed by atoms with Crippen LogP contribution in [0.3, 0.4) is 0 Å². The average molecular weight is 513 g/mol. The Bertz CT molecular complexity index is 823. The first kappa shape index (κ1) is 25.2. The molecule has 2 aromatic carbocycles. The number of allylic oxidation sites excluding steroid dienone is 2. The molecule has 0 bridgehead atoms. The van der Waals surface area contributed by atoms with E-state index in [1.54, 1.807) is 0 Å². The normalized spacial score (nSPS) is 11.6. The van der Waals surface area contributed by atoms with Crippen LogP contribution >= 0.6 is 0 Å². The van der Waals surface area contributed by atoms with Crippen LogP contribution in [0.1, 0.15) is 83.5 Å². The molecule has 0 aliphatic rings. The molecular formula is C28H42OSn. The van der Waals surface area contributed by atoms with Gasteiger partial charge in [0.15, 0.2) is 0 Å². The summed E-state index contributed by atoms with van der Waals surface area (Å²) in [7, 11) is 0. The van der Waals surface area contributed by atoms with Gasteiger partial charge in [0.1, 0.15) is 0 Å². The molecule has 2 rings (SSSR count). The van der Waals surface area contributed by atoms with Gasteiger partial charge >= 0.3 is 190 Å². The number of carbonyl (C=O) groups is 1. The first-order chi connectivity index (χ1) is 14.5. The average Bonchev–Trinajstić information content (AvgIpc) is 2.77. The van der Waals surface area contributed by atoms with Crippen molar-refractivity contribution in [2.24, 2.45) is 0 Å². The zero-order valence-electron chi connectivity index (χ0n) is 20.0. The molecule has 30 heavy (non-hydrogen) atoms. The van der Waals surface area contributed by atoms with E-state index < -0.39 is 18.4 Å². The molecule has 164 valence electrons. The van der Waals surface area contributed by atoms with Gasteiger partial charge in [0.2, 0.25) is 0 Å². The van der Waals surface area contributed by atoms with Gasteiger partial charge in [-0.3, -0.25) is 0 Å². The van der Waals surface area contributed by atoms with Crippen LogP contribution in [-0.4, -0.2) is 24.2 Å². The molecule has 0 aromatic heterocycles. The summed E-state index contributed by atoms with van der Waals surface area (Å²) in [5, 5.41) is 2.37. The molecule has 1 nitrogen and oxygen atoms in total. The summed E-state index contributed by atoms with van der Waals surface area (Å²) in [6.45, 7) is 11.3. The molecule has 0 unspecified atom stereocenters. The van der Waals surface area contributed by atoms with Crippen molar-refractivity contribution in [1.29, 1.82) is 0 Å². The van der Waals surface area contributed by atoms with E-state index in [0.717, 1.165) is 21.0 Å². The Morgan fingerprint density at radius 2 is 1.30 bits per heavy atom. The molecule has 0 fully saturated rings. The fraction of sp³-hybridized carbons (Fsp3) is 0.536. The maximum atomic E-state index is 13.7. The Morgan fingerprint density at radius 1 is 0.767 bits per heavy atom. The van der Waals surface area contributed by atoms with Crippen LogP contribution in [0, 0.1) is 0 Å². The molecule has 0 saturated heterocycles. The van der Waals surface area contributed by atoms with Crippen LogP contribution < -0.4 is 0 Å². The van der Waals surface area contributed by atoms with Crippen LogP contribution in [0.15, 0.2) is 53.6 Å². The molecule has 0 spiro atoms. The van der Waals surface area contributed by atoms with E-state index in [1.165, 1.54) is 62.8 Å². The van der Waals surface area contributed by atoms with Crippen molar-refractivity contribution in [2.75, 3.05) is 0 Å². The Morgan fingerprint density at radius 3 is 1.80 bits per heavy atom. The number of hydrogen-bond donors (Lipinski definition) is 0. The standard InChI is InChI=1S/C16H15O.3C4H9.Sn/c1-11(2)12(3)16(17)15-9-8-13-6-4-5-7-14(13)10-15;3*1-3-4-2;/h4-10H,3H2,1-2H3;3*1,3-4H2,2H3;. The predicted molar refractivity (Wildman–Crippen MR) is 136 cm³/mol. The topological polar surface area (TPSA) is 17.1 Å². The van der Waals surface area contributed by atoms with E-state index in [-0.39, 0.29) is 5.78 Å². The molecule has 2 heteroatoms. The molecule has 0 N–H and O–H groups in total. The number of benzene rings is 2. The van der Waals surface area contributed by atoms with E-state index in [4.69, 9.17) is 0 Å². The van der Waals surface area contributed by atoms with Crippen LogP contribution in [0.2, 0.25) is 17.7 Å². The number of ketones is 1. The maximum absolute atomic E-state index is 13.7. The minimum absolute atomic E-state index is 0.284. The van der Waals surface area contributed by atoms with Crippen LogP contribution in [0.5, 0.6) is 0 Å². The van der Waals surface area contributed by atoms with Crippen molar-refractivity contribution in [1.82, 2.24) is 0 Å². The number of carbonyl (C=O) groups excluding carboxylic acids is 1. The molecule has 0 radical (unpaired) electrons. The second-order valence-corrected chi connectivity index (χ2v) is 23.2. The van der Waals surface area contributed by atoms with Gasteiger partial charge in [-0.15, -0.1) is 0 Å². The van der Waals surface area contributed by atoms with Gasteiger partial charge in [-0.25, -0.2) is 0 Å². The molecule has 0 aliphatic carbocycles. The first-order valence-electron chi connectivity index (χ1n) is 12.2. The SMILES string of the molecule is CCC[CH2][Sn]([CH2]CCC)([CH2]CCC)[CH2]C(C(=O)c1ccc2ccccc2c1)=C(C)C. The van der Waals surface area contributed by atoms with Crippen molar-refractivity contribution in [3.63, 3.8) is 0 Å². The van der Waals surface area contributed by atoms with Gasteiger partial charge in [-0.1, -0.05) is 0 Å². The summed E-state index contributed by atoms with van der Waals surface area (Å²) >= 11 is -2.42. The minimum atomic E-state index is -2.42. The Hall–Kier alpha value is -1.09. The summed E-state index contributed by atoms with van der Waals surface area (Å²) in [5.41, 5.74) is 3.25. The fourth-order valence-corrected chi connectivity index (χ4v) is 21.4. The number of Topliss-reactive ketones (excluding diaryl/α,β-unsaturated/α-hetero) is 1. The van der Waals surface area contributed by atoms with Crippen molar-refractivity contribution >= 4 is 34.9 Å². The van der Waals surface area contributed by atoms with E-state index in [1.807, 2.05) is 6.07 Å². The third-order valence-electron chi connectivity index (χ3n) is 6.62. The third-order valence-corrected chi connectivity index (χ3v) is 21.9. The van der Waals surface area contributed by atoms with Crippen molar-refractivity contribution in [2.45, 2.75) is 90.9 Å². The number of unbranched alkanes of at least 4 members (excludes halogenated alkanes) is 3. The van der Waals surface area contributed by atoms with Gasteiger partial charge in [0.25, 0.3) is 0 Å². The monoisotopic (exact) mass is 514 g/mol. The van der Waals surface area contributed by atoms with Crippen molar-refractivity contribution in [3.05, 3.63) is 59.2 Å². The third kappa shape index (κ3) is 6.97. The second kappa shape index (κ2) is 12.7. The Kier molecular flexibility index (Phi) is 10.6. The van der Waals surface area contributed by atoms with Crippen molar-refractivity contribution in [3.8, 4) is 0 Å². The quantitative estimate of drug-likeness (QED) is 0.148. The Labute approximate surface area is 189 Å². The zero-order chi connectivity index (χ0) is 22.0. The number of rotatable bonds is 13. The van der Waals surface area contributed by atoms with Gasteiger partial charge in [-0.2, -0.15) is 0 Å². The van der Waals surface area contributed by atoms with E-state index >= 15 is 0 Å². The summed E-state index contributed by atoms with van der Waals surface area (Å²) in [6, 6.07) is 14.6. The van der Waals surface area contributed by atoms with Crippen LogP contribution in [0.4, 0.5) is 0 Å². The summed E-state index contributed by atoms with van der Waals surface area (Å²) in [6.07, 6.45) is 7.89. The molecule has 0 aliphatic heterocycles.